The maximum absolute atomic E-state index is 11.3. The first-order chi connectivity index (χ1) is 9.99. The molecular weight excluding hydrogens is 280 g/mol. The number of hydrogen-bond donors (Lipinski definition) is 1. The zero-order valence-corrected chi connectivity index (χ0v) is 11.7. The minimum absolute atomic E-state index is 0.219. The van der Waals surface area contributed by atoms with Gasteiger partial charge in [-0.25, -0.2) is 4.79 Å². The maximum atomic E-state index is 11.3. The summed E-state index contributed by atoms with van der Waals surface area (Å²) in [6.45, 7) is 0.803. The van der Waals surface area contributed by atoms with Crippen LogP contribution in [0.3, 0.4) is 0 Å². The van der Waals surface area contributed by atoms with Crippen LogP contribution in [0.25, 0.3) is 0 Å². The van der Waals surface area contributed by atoms with Crippen molar-refractivity contribution in [1.29, 1.82) is 0 Å². The molecule has 2 atom stereocenters. The first kappa shape index (κ1) is 15.2. The fourth-order valence-corrected chi connectivity index (χ4v) is 2.54. The molecule has 0 aromatic heterocycles. The molecule has 1 saturated heterocycles. The molecule has 0 radical (unpaired) electrons. The number of hydrogen-bond acceptors (Lipinski definition) is 6. The normalized spacial score (nSPS) is 21.5. The summed E-state index contributed by atoms with van der Waals surface area (Å²) in [7, 11) is 3.09. The van der Waals surface area contributed by atoms with E-state index in [1.807, 2.05) is 0 Å². The van der Waals surface area contributed by atoms with Crippen LogP contribution in [0.1, 0.15) is 10.4 Å². The second kappa shape index (κ2) is 6.06. The molecule has 1 aromatic rings. The monoisotopic (exact) mass is 296 g/mol. The van der Waals surface area contributed by atoms with Gasteiger partial charge < -0.3 is 19.5 Å². The van der Waals surface area contributed by atoms with Gasteiger partial charge in [-0.1, -0.05) is 6.07 Å². The Morgan fingerprint density at radius 2 is 1.90 bits per heavy atom. The van der Waals surface area contributed by atoms with Crippen LogP contribution in [-0.4, -0.2) is 55.5 Å². The second-order valence-electron chi connectivity index (χ2n) is 4.69. The van der Waals surface area contributed by atoms with Crippen molar-refractivity contribution < 1.29 is 24.3 Å². The Labute approximate surface area is 121 Å². The molecule has 1 N–H and O–H groups in total. The second-order valence-corrected chi connectivity index (χ2v) is 4.69. The van der Waals surface area contributed by atoms with Crippen LogP contribution in [0, 0.1) is 10.1 Å². The predicted molar refractivity (Wildman–Crippen MR) is 73.9 cm³/mol. The van der Waals surface area contributed by atoms with Gasteiger partial charge in [0, 0.05) is 27.3 Å². The number of carbonyl (C=O) groups is 1. The number of carboxylic acid groups (broad SMARTS) is 1. The number of aromatic carboxylic acids is 1. The topological polar surface area (TPSA) is 102 Å². The molecule has 1 aliphatic heterocycles. The molecule has 8 heteroatoms. The van der Waals surface area contributed by atoms with Gasteiger partial charge in [-0.15, -0.1) is 0 Å². The number of carboxylic acids is 1. The Hall–Kier alpha value is -2.19. The molecule has 2 rings (SSSR count). The lowest BCUT2D eigenvalue weighted by Gasteiger charge is -2.18. The lowest BCUT2D eigenvalue weighted by atomic mass is 10.1. The zero-order chi connectivity index (χ0) is 15.6. The smallest absolute Gasteiger partial charge is 0.342 e. The zero-order valence-electron chi connectivity index (χ0n) is 11.7. The number of nitro benzene ring substituents is 1. The quantitative estimate of drug-likeness (QED) is 0.642. The number of anilines is 1. The molecule has 0 bridgehead atoms. The summed E-state index contributed by atoms with van der Waals surface area (Å²) in [6.07, 6.45) is -0.439. The van der Waals surface area contributed by atoms with Crippen LogP contribution in [0.2, 0.25) is 0 Å². The summed E-state index contributed by atoms with van der Waals surface area (Å²) >= 11 is 0. The Balaban J connectivity index is 2.43. The van der Waals surface area contributed by atoms with E-state index in [4.69, 9.17) is 14.6 Å². The van der Waals surface area contributed by atoms with Gasteiger partial charge in [0.05, 0.1) is 4.92 Å². The van der Waals surface area contributed by atoms with Crippen molar-refractivity contribution in [3.8, 4) is 0 Å². The third-order valence-electron chi connectivity index (χ3n) is 3.59. The number of methoxy groups -OCH3 is 2. The Morgan fingerprint density at radius 1 is 1.33 bits per heavy atom. The van der Waals surface area contributed by atoms with Crippen molar-refractivity contribution in [2.24, 2.45) is 0 Å². The van der Waals surface area contributed by atoms with Crippen molar-refractivity contribution >= 4 is 17.3 Å². The van der Waals surface area contributed by atoms with Gasteiger partial charge in [-0.3, -0.25) is 10.1 Å². The molecule has 1 fully saturated rings. The fraction of sp³-hybridized carbons (Fsp3) is 0.462. The van der Waals surface area contributed by atoms with E-state index in [1.54, 1.807) is 19.1 Å². The largest absolute Gasteiger partial charge is 0.477 e. The summed E-state index contributed by atoms with van der Waals surface area (Å²) in [5, 5.41) is 20.4. The molecule has 1 aliphatic rings. The lowest BCUT2D eigenvalue weighted by Crippen LogP contribution is -2.27. The number of rotatable bonds is 5. The summed E-state index contributed by atoms with van der Waals surface area (Å²) < 4.78 is 10.6. The molecule has 114 valence electrons. The Kier molecular flexibility index (Phi) is 4.39. The van der Waals surface area contributed by atoms with Crippen molar-refractivity contribution in [2.75, 3.05) is 32.2 Å². The van der Waals surface area contributed by atoms with Gasteiger partial charge in [0.25, 0.3) is 0 Å². The third-order valence-corrected chi connectivity index (χ3v) is 3.59. The van der Waals surface area contributed by atoms with Crippen LogP contribution in [0.15, 0.2) is 18.2 Å². The lowest BCUT2D eigenvalue weighted by molar-refractivity contribution is -0.384. The number of para-hydroxylation sites is 1. The van der Waals surface area contributed by atoms with Crippen LogP contribution < -0.4 is 4.90 Å². The molecule has 1 heterocycles. The van der Waals surface area contributed by atoms with Gasteiger partial charge in [0.2, 0.25) is 0 Å². The standard InChI is InChI=1S/C13H16N2O6/c1-20-10-6-14(7-11(10)21-2)9-5-3-4-8(13(16)17)12(9)15(18)19/h3-5,10-11H,6-7H2,1-2H3,(H,16,17). The molecule has 1 aromatic carbocycles. The highest BCUT2D eigenvalue weighted by molar-refractivity contribution is 5.95. The molecule has 21 heavy (non-hydrogen) atoms. The fourth-order valence-electron chi connectivity index (χ4n) is 2.54. The van der Waals surface area contributed by atoms with Crippen LogP contribution in [0.4, 0.5) is 11.4 Å². The minimum atomic E-state index is -1.32. The average molecular weight is 296 g/mol. The molecule has 2 unspecified atom stereocenters. The molecule has 0 saturated carbocycles. The van der Waals surface area contributed by atoms with Crippen LogP contribution in [-0.2, 0) is 9.47 Å². The van der Waals surface area contributed by atoms with Crippen molar-refractivity contribution in [1.82, 2.24) is 0 Å². The van der Waals surface area contributed by atoms with E-state index >= 15 is 0 Å². The maximum Gasteiger partial charge on any atom is 0.342 e. The highest BCUT2D eigenvalue weighted by Gasteiger charge is 2.37. The van der Waals surface area contributed by atoms with Crippen LogP contribution in [0.5, 0.6) is 0 Å². The van der Waals surface area contributed by atoms with Gasteiger partial charge >= 0.3 is 11.7 Å². The SMILES string of the molecule is COC1CN(c2cccc(C(=O)O)c2[N+](=O)[O-])CC1OC. The van der Waals surface area contributed by atoms with Gasteiger partial charge in [0.15, 0.2) is 0 Å². The average Bonchev–Trinajstić information content (AvgIpc) is 2.89. The number of ether oxygens (including phenoxy) is 2. The van der Waals surface area contributed by atoms with Gasteiger partial charge in [-0.05, 0) is 12.1 Å². The summed E-state index contributed by atoms with van der Waals surface area (Å²) in [4.78, 5) is 23.5. The van der Waals surface area contributed by atoms with E-state index in [1.165, 1.54) is 18.2 Å². The highest BCUT2D eigenvalue weighted by Crippen LogP contribution is 2.34. The molecule has 8 nitrogen and oxygen atoms in total. The predicted octanol–water partition coefficient (Wildman–Crippen LogP) is 1.14. The summed E-state index contributed by atoms with van der Waals surface area (Å²) in [5.41, 5.74) is -0.467. The number of nitro groups is 1. The number of benzene rings is 1. The van der Waals surface area contributed by atoms with E-state index in [0.717, 1.165) is 0 Å². The first-order valence-electron chi connectivity index (χ1n) is 6.30. The number of nitrogens with zero attached hydrogens (tertiary/aromatic N) is 2. The Morgan fingerprint density at radius 3 is 2.33 bits per heavy atom. The van der Waals surface area contributed by atoms with Crippen LogP contribution >= 0.6 is 0 Å². The van der Waals surface area contributed by atoms with E-state index in [9.17, 15) is 14.9 Å². The third kappa shape index (κ3) is 2.81. The molecular formula is C13H16N2O6. The van der Waals surface area contributed by atoms with Crippen molar-refractivity contribution in [3.63, 3.8) is 0 Å². The summed E-state index contributed by atoms with van der Waals surface area (Å²) in [6, 6.07) is 4.25. The molecule has 0 spiro atoms. The van der Waals surface area contributed by atoms with E-state index in [2.05, 4.69) is 0 Å². The van der Waals surface area contributed by atoms with E-state index < -0.39 is 16.6 Å². The van der Waals surface area contributed by atoms with Gasteiger partial charge in [-0.2, -0.15) is 0 Å². The summed E-state index contributed by atoms with van der Waals surface area (Å²) in [5.74, 6) is -1.32. The minimum Gasteiger partial charge on any atom is -0.477 e. The Bertz CT molecular complexity index is 550. The van der Waals surface area contributed by atoms with Crippen molar-refractivity contribution in [2.45, 2.75) is 12.2 Å². The molecule has 0 aliphatic carbocycles. The van der Waals surface area contributed by atoms with E-state index in [-0.39, 0.29) is 23.5 Å². The highest BCUT2D eigenvalue weighted by atomic mass is 16.6. The molecule has 0 amide bonds. The van der Waals surface area contributed by atoms with Crippen molar-refractivity contribution in [3.05, 3.63) is 33.9 Å². The van der Waals surface area contributed by atoms with E-state index in [0.29, 0.717) is 13.1 Å². The van der Waals surface area contributed by atoms with Gasteiger partial charge in [0.1, 0.15) is 23.5 Å². The first-order valence-corrected chi connectivity index (χ1v) is 6.30.